The van der Waals surface area contributed by atoms with Crippen molar-refractivity contribution in [3.05, 3.63) is 363 Å². The molecule has 81 heavy (non-hydrogen) atoms. The van der Waals surface area contributed by atoms with Crippen LogP contribution in [0.4, 0.5) is 0 Å². The fraction of sp³-hybridized carbons (Fsp3) is 0.0270. The quantitative estimate of drug-likeness (QED) is 0.0868. The molecule has 0 amide bonds. The molecule has 0 fully saturated rings. The van der Waals surface area contributed by atoms with Crippen molar-refractivity contribution in [1.82, 2.24) is 0 Å². The van der Waals surface area contributed by atoms with Crippen molar-refractivity contribution in [3.8, 4) is 0 Å². The first-order chi connectivity index (χ1) is 39.6. The van der Waals surface area contributed by atoms with E-state index in [9.17, 15) is 0 Å². The number of aryl methyl sites for hydroxylation is 2. The largest absolute Gasteiger partial charge is 0.0622 e. The van der Waals surface area contributed by atoms with Gasteiger partial charge in [0.15, 0.2) is 0 Å². The molecule has 12 rings (SSSR count). The van der Waals surface area contributed by atoms with E-state index in [1.165, 1.54) is 74.8 Å². The first kappa shape index (κ1) is 62.1. The van der Waals surface area contributed by atoms with Crippen LogP contribution < -0.4 is 63.7 Å². The molecule has 0 aliphatic heterocycles. The SMILES string of the molecule is Cc1ccc(P(c2ccccc2)c2ccccc2)cc1.Cc1ccc(P(c2ccccc2)c2ccccc2)cc1.P=S.[Pd].c1ccc(P(c2ccccc2)c2ccccc2)cc1.c1ccc(P(c2ccccc2)c2ccccc2)cc1. The summed E-state index contributed by atoms with van der Waals surface area (Å²) in [5.41, 5.74) is 2.62. The van der Waals surface area contributed by atoms with Crippen LogP contribution in [-0.4, -0.2) is 0 Å². The van der Waals surface area contributed by atoms with Crippen LogP contribution in [0.3, 0.4) is 0 Å². The first-order valence-electron chi connectivity index (χ1n) is 26.6. The molecule has 0 saturated heterocycles. The summed E-state index contributed by atoms with van der Waals surface area (Å²) in [6.07, 6.45) is 0. The zero-order valence-electron chi connectivity index (χ0n) is 45.5. The van der Waals surface area contributed by atoms with Gasteiger partial charge in [-0.05, 0) is 117 Å². The van der Waals surface area contributed by atoms with Crippen LogP contribution in [0.15, 0.2) is 352 Å². The van der Waals surface area contributed by atoms with Gasteiger partial charge in [0.2, 0.25) is 0 Å². The van der Waals surface area contributed by atoms with E-state index in [0.717, 1.165) is 0 Å². The Kier molecular flexibility index (Phi) is 26.7. The van der Waals surface area contributed by atoms with Crippen molar-refractivity contribution >= 4 is 115 Å². The molecule has 7 heteroatoms. The molecule has 0 N–H and O–H groups in total. The Morgan fingerprint density at radius 2 is 0.272 bits per heavy atom. The van der Waals surface area contributed by atoms with Crippen LogP contribution >= 0.6 is 39.7 Å². The minimum Gasteiger partial charge on any atom is -0.0622 e. The fourth-order valence-corrected chi connectivity index (χ4v) is 18.1. The van der Waals surface area contributed by atoms with Crippen molar-refractivity contribution in [2.24, 2.45) is 0 Å². The molecule has 0 atom stereocenters. The molecule has 0 nitrogen and oxygen atoms in total. The zero-order chi connectivity index (χ0) is 55.4. The van der Waals surface area contributed by atoms with Gasteiger partial charge in [-0.15, -0.1) is 0 Å². The third kappa shape index (κ3) is 18.8. The maximum Gasteiger partial charge on any atom is 0 e. The van der Waals surface area contributed by atoms with Crippen LogP contribution in [-0.2, 0) is 32.2 Å². The Morgan fingerprint density at radius 1 is 0.173 bits per heavy atom. The molecule has 0 spiro atoms. The van der Waals surface area contributed by atoms with E-state index in [0.29, 0.717) is 0 Å². The molecule has 12 aromatic rings. The van der Waals surface area contributed by atoms with Crippen molar-refractivity contribution < 1.29 is 20.4 Å². The van der Waals surface area contributed by atoms with Gasteiger partial charge in [0.05, 0.1) is 0 Å². The van der Waals surface area contributed by atoms with E-state index < -0.39 is 31.7 Å². The van der Waals surface area contributed by atoms with Crippen LogP contribution in [0.2, 0.25) is 0 Å². The van der Waals surface area contributed by atoms with Gasteiger partial charge in [-0.2, -0.15) is 0 Å². The topological polar surface area (TPSA) is 0 Å². The van der Waals surface area contributed by atoms with Crippen LogP contribution in [0, 0.1) is 13.8 Å². The predicted molar refractivity (Wildman–Crippen MR) is 366 cm³/mol. The maximum absolute atomic E-state index is 3.89. The summed E-state index contributed by atoms with van der Waals surface area (Å²) in [7, 11) is 0.747. The smallest absolute Gasteiger partial charge is 0 e. The summed E-state index contributed by atoms with van der Waals surface area (Å²) in [6.45, 7) is 4.27. The second-order valence-corrected chi connectivity index (χ2v) is 27.2. The fourth-order valence-electron chi connectivity index (χ4n) is 8.95. The third-order valence-electron chi connectivity index (χ3n) is 12.7. The summed E-state index contributed by atoms with van der Waals surface area (Å²) >= 11 is 3.89. The van der Waals surface area contributed by atoms with Gasteiger partial charge in [-0.1, -0.05) is 375 Å². The number of rotatable bonds is 12. The van der Waals surface area contributed by atoms with Gasteiger partial charge in [0.25, 0.3) is 0 Å². The average Bonchev–Trinajstić information content (AvgIpc) is 3.62. The molecule has 0 aromatic heterocycles. The van der Waals surface area contributed by atoms with E-state index in [1.807, 2.05) is 0 Å². The Balaban J connectivity index is 0.000000153. The molecule has 0 aliphatic rings. The number of hydrogen-bond acceptors (Lipinski definition) is 1. The Hall–Kier alpha value is -6.46. The molecule has 12 aromatic carbocycles. The van der Waals surface area contributed by atoms with Crippen LogP contribution in [0.5, 0.6) is 0 Å². The molecule has 0 aliphatic carbocycles. The van der Waals surface area contributed by atoms with Crippen molar-refractivity contribution in [2.75, 3.05) is 0 Å². The van der Waals surface area contributed by atoms with E-state index in [-0.39, 0.29) is 20.4 Å². The van der Waals surface area contributed by atoms with Crippen molar-refractivity contribution in [2.45, 2.75) is 13.8 Å². The van der Waals surface area contributed by atoms with Crippen LogP contribution in [0.25, 0.3) is 0 Å². The molecule has 0 heterocycles. The van der Waals surface area contributed by atoms with Gasteiger partial charge in [-0.3, -0.25) is 0 Å². The van der Waals surface area contributed by atoms with Crippen LogP contribution in [0.1, 0.15) is 11.1 Å². The van der Waals surface area contributed by atoms with Crippen molar-refractivity contribution in [1.29, 1.82) is 0 Å². The molecule has 0 bridgehead atoms. The first-order valence-corrected chi connectivity index (χ1v) is 33.6. The minimum atomic E-state index is -0.458. The summed E-state index contributed by atoms with van der Waals surface area (Å²) in [4.78, 5) is 0. The summed E-state index contributed by atoms with van der Waals surface area (Å²) in [5, 5.41) is 16.8. The standard InChI is InChI=1S/2C19H17P.2C18H15P.HPS.Pd/c2*1-16-12-14-19(15-13-16)20(17-8-4-2-5-9-17)18-10-6-3-7-11-18;2*1-4-10-16(11-5-1)19(17-12-6-2-7-13-17)18-14-8-3-9-15-18;1-2;/h2*2-15H,1H3;2*1-15H;1H;. The number of hydrogen-bond donors (Lipinski definition) is 0. The molecule has 402 valence electrons. The Bertz CT molecular complexity index is 3050. The molecular weight excluding hydrogens is 1180 g/mol. The second-order valence-electron chi connectivity index (χ2n) is 18.4. The summed E-state index contributed by atoms with van der Waals surface area (Å²) < 4.78 is 0. The molecule has 0 unspecified atom stereocenters. The van der Waals surface area contributed by atoms with E-state index in [1.54, 1.807) is 0 Å². The Labute approximate surface area is 508 Å². The average molecular weight is 1250 g/mol. The minimum absolute atomic E-state index is 0. The van der Waals surface area contributed by atoms with E-state index in [2.05, 4.69) is 386 Å². The number of benzene rings is 12. The Morgan fingerprint density at radius 3 is 0.383 bits per heavy atom. The zero-order valence-corrected chi connectivity index (χ0v) is 52.4. The van der Waals surface area contributed by atoms with Gasteiger partial charge in [0, 0.05) is 20.4 Å². The molecule has 0 radical (unpaired) electrons. The summed E-state index contributed by atoms with van der Waals surface area (Å²) in [6, 6.07) is 126. The van der Waals surface area contributed by atoms with Gasteiger partial charge < -0.3 is 0 Å². The van der Waals surface area contributed by atoms with Gasteiger partial charge in [-0.25, -0.2) is 0 Å². The van der Waals surface area contributed by atoms with Crippen molar-refractivity contribution in [3.63, 3.8) is 0 Å². The monoisotopic (exact) mass is 1250 g/mol. The van der Waals surface area contributed by atoms with Gasteiger partial charge in [0.1, 0.15) is 0 Å². The van der Waals surface area contributed by atoms with E-state index in [4.69, 9.17) is 0 Å². The van der Waals surface area contributed by atoms with E-state index >= 15 is 0 Å². The summed E-state index contributed by atoms with van der Waals surface area (Å²) in [5.74, 6) is 0. The maximum atomic E-state index is 3.89. The molecular formula is C74H65P5PdS. The third-order valence-corrected chi connectivity index (χ3v) is 22.5. The predicted octanol–water partition coefficient (Wildman–Crippen LogP) is 15.0. The molecule has 0 saturated carbocycles. The normalized spacial score (nSPS) is 10.3. The second kappa shape index (κ2) is 34.7. The van der Waals surface area contributed by atoms with Gasteiger partial charge >= 0.3 is 0 Å².